The average Bonchev–Trinajstić information content (AvgIpc) is 2.45. The van der Waals surface area contributed by atoms with Gasteiger partial charge < -0.3 is 15.5 Å². The lowest BCUT2D eigenvalue weighted by Crippen LogP contribution is -2.53. The van der Waals surface area contributed by atoms with Crippen LogP contribution in [0.3, 0.4) is 0 Å². The molecule has 0 radical (unpaired) electrons. The third-order valence-corrected chi connectivity index (χ3v) is 4.01. The molecule has 1 aromatic rings. The molecule has 3 N–H and O–H groups in total. The fourth-order valence-electron chi connectivity index (χ4n) is 1.55. The topological polar surface area (TPSA) is 113 Å². The lowest BCUT2D eigenvalue weighted by Gasteiger charge is -2.29. The Bertz CT molecular complexity index is 508. The van der Waals surface area contributed by atoms with Crippen molar-refractivity contribution in [3.8, 4) is 0 Å². The van der Waals surface area contributed by atoms with E-state index in [4.69, 9.17) is 0 Å². The second-order valence-corrected chi connectivity index (χ2v) is 5.49. The number of hydrogen-bond donors (Lipinski definition) is 3. The number of nitro groups is 1. The van der Waals surface area contributed by atoms with E-state index in [0.29, 0.717) is 9.99 Å². The number of hydrogen-bond acceptors (Lipinski definition) is 5. The number of carbonyl (C=O) groups excluding carboxylic acids is 1. The minimum Gasteiger partial charge on any atom is -0.394 e. The molecule has 0 fully saturated rings. The van der Waals surface area contributed by atoms with E-state index in [-0.39, 0.29) is 11.3 Å². The molecular formula is C12H15IN2O5. The Morgan fingerprint density at radius 3 is 2.50 bits per heavy atom. The lowest BCUT2D eigenvalue weighted by atomic mass is 9.98. The van der Waals surface area contributed by atoms with Crippen molar-refractivity contribution in [2.45, 2.75) is 18.9 Å². The van der Waals surface area contributed by atoms with Crippen LogP contribution in [0.1, 0.15) is 23.7 Å². The molecule has 0 atom stereocenters. The number of aliphatic hydroxyl groups excluding tert-OH is 2. The highest BCUT2D eigenvalue weighted by Crippen LogP contribution is 2.20. The fraction of sp³-hybridized carbons (Fsp3) is 0.417. The van der Waals surface area contributed by atoms with Crippen molar-refractivity contribution in [2.75, 3.05) is 13.2 Å². The highest BCUT2D eigenvalue weighted by atomic mass is 127. The highest BCUT2D eigenvalue weighted by molar-refractivity contribution is 14.1. The SMILES string of the molecule is CCC(CO)(CO)NC(=O)c1cc([N+](=O)[O-])ccc1I. The molecule has 0 heterocycles. The molecule has 110 valence electrons. The van der Waals surface area contributed by atoms with Crippen LogP contribution in [0.2, 0.25) is 0 Å². The number of rotatable bonds is 6. The third-order valence-electron chi connectivity index (χ3n) is 3.07. The Balaban J connectivity index is 3.08. The van der Waals surface area contributed by atoms with E-state index in [1.165, 1.54) is 18.2 Å². The summed E-state index contributed by atoms with van der Waals surface area (Å²) in [6.45, 7) is 0.875. The van der Waals surface area contributed by atoms with Crippen molar-refractivity contribution in [1.82, 2.24) is 5.32 Å². The molecule has 1 aromatic carbocycles. The Kier molecular flexibility index (Phi) is 5.84. The first-order valence-electron chi connectivity index (χ1n) is 5.87. The molecular weight excluding hydrogens is 379 g/mol. The maximum atomic E-state index is 12.2. The van der Waals surface area contributed by atoms with Crippen molar-refractivity contribution >= 4 is 34.2 Å². The molecule has 1 amide bonds. The van der Waals surface area contributed by atoms with Crippen LogP contribution in [0, 0.1) is 13.7 Å². The van der Waals surface area contributed by atoms with Gasteiger partial charge in [-0.1, -0.05) is 6.92 Å². The van der Waals surface area contributed by atoms with Gasteiger partial charge in [-0.25, -0.2) is 0 Å². The summed E-state index contributed by atoms with van der Waals surface area (Å²) in [4.78, 5) is 22.3. The monoisotopic (exact) mass is 394 g/mol. The van der Waals surface area contributed by atoms with Gasteiger partial charge in [-0.05, 0) is 35.1 Å². The Morgan fingerprint density at radius 2 is 2.05 bits per heavy atom. The van der Waals surface area contributed by atoms with Crippen molar-refractivity contribution in [1.29, 1.82) is 0 Å². The molecule has 0 unspecified atom stereocenters. The van der Waals surface area contributed by atoms with E-state index in [2.05, 4.69) is 5.32 Å². The minimum atomic E-state index is -1.13. The van der Waals surface area contributed by atoms with Gasteiger partial charge in [0.15, 0.2) is 0 Å². The second kappa shape index (κ2) is 6.95. The minimum absolute atomic E-state index is 0.138. The average molecular weight is 394 g/mol. The summed E-state index contributed by atoms with van der Waals surface area (Å²) in [7, 11) is 0. The summed E-state index contributed by atoms with van der Waals surface area (Å²) in [5, 5.41) is 31.9. The van der Waals surface area contributed by atoms with Crippen LogP contribution in [0.15, 0.2) is 18.2 Å². The quantitative estimate of drug-likeness (QED) is 0.380. The first-order valence-corrected chi connectivity index (χ1v) is 6.95. The van der Waals surface area contributed by atoms with Crippen LogP contribution in [0.5, 0.6) is 0 Å². The van der Waals surface area contributed by atoms with Crippen LogP contribution in [-0.4, -0.2) is 39.8 Å². The number of non-ortho nitro benzene ring substituents is 1. The molecule has 0 aliphatic heterocycles. The molecule has 0 bridgehead atoms. The van der Waals surface area contributed by atoms with Gasteiger partial charge in [0, 0.05) is 15.7 Å². The first-order chi connectivity index (χ1) is 9.39. The Morgan fingerprint density at radius 1 is 1.45 bits per heavy atom. The molecule has 0 saturated heterocycles. The Hall–Kier alpha value is -1.26. The fourth-order valence-corrected chi connectivity index (χ4v) is 2.13. The van der Waals surface area contributed by atoms with Crippen molar-refractivity contribution in [3.63, 3.8) is 0 Å². The normalized spacial score (nSPS) is 11.2. The van der Waals surface area contributed by atoms with Gasteiger partial charge in [0.05, 0.1) is 29.2 Å². The number of benzene rings is 1. The predicted molar refractivity (Wildman–Crippen MR) is 80.5 cm³/mol. The molecule has 0 spiro atoms. The number of halogens is 1. The van der Waals surface area contributed by atoms with E-state index in [1.54, 1.807) is 6.92 Å². The summed E-state index contributed by atoms with van der Waals surface area (Å²) in [5.41, 5.74) is -1.18. The molecule has 0 saturated carbocycles. The van der Waals surface area contributed by atoms with Crippen LogP contribution in [-0.2, 0) is 0 Å². The van der Waals surface area contributed by atoms with Gasteiger partial charge in [-0.3, -0.25) is 14.9 Å². The molecule has 7 nitrogen and oxygen atoms in total. The largest absolute Gasteiger partial charge is 0.394 e. The van der Waals surface area contributed by atoms with Crippen molar-refractivity contribution in [3.05, 3.63) is 37.4 Å². The zero-order chi connectivity index (χ0) is 15.3. The van der Waals surface area contributed by atoms with Gasteiger partial charge in [0.1, 0.15) is 0 Å². The van der Waals surface area contributed by atoms with Crippen LogP contribution < -0.4 is 5.32 Å². The number of nitrogens with zero attached hydrogens (tertiary/aromatic N) is 1. The zero-order valence-electron chi connectivity index (χ0n) is 10.8. The second-order valence-electron chi connectivity index (χ2n) is 4.33. The first kappa shape index (κ1) is 16.8. The van der Waals surface area contributed by atoms with E-state index in [9.17, 15) is 25.1 Å². The molecule has 0 aliphatic rings. The van der Waals surface area contributed by atoms with E-state index in [1.807, 2.05) is 22.6 Å². The van der Waals surface area contributed by atoms with Crippen molar-refractivity contribution in [2.24, 2.45) is 0 Å². The van der Waals surface area contributed by atoms with Gasteiger partial charge in [-0.2, -0.15) is 0 Å². The summed E-state index contributed by atoms with van der Waals surface area (Å²) in [5.74, 6) is -0.567. The smallest absolute Gasteiger partial charge is 0.270 e. The predicted octanol–water partition coefficient (Wildman–Crippen LogP) is 1.06. The van der Waals surface area contributed by atoms with Crippen LogP contribution in [0.25, 0.3) is 0 Å². The highest BCUT2D eigenvalue weighted by Gasteiger charge is 2.30. The van der Waals surface area contributed by atoms with E-state index < -0.39 is 29.6 Å². The Labute approximate surface area is 129 Å². The van der Waals surface area contributed by atoms with Gasteiger partial charge in [0.25, 0.3) is 11.6 Å². The maximum Gasteiger partial charge on any atom is 0.270 e. The summed E-state index contributed by atoms with van der Waals surface area (Å²) in [6, 6.07) is 3.95. The van der Waals surface area contributed by atoms with Gasteiger partial charge >= 0.3 is 0 Å². The summed E-state index contributed by atoms with van der Waals surface area (Å²) >= 11 is 1.90. The standard InChI is InChI=1S/C12H15IN2O5/c1-2-12(6-16,7-17)14-11(18)9-5-8(15(19)20)3-4-10(9)13/h3-5,16-17H,2,6-7H2,1H3,(H,14,18). The zero-order valence-corrected chi connectivity index (χ0v) is 13.0. The lowest BCUT2D eigenvalue weighted by molar-refractivity contribution is -0.384. The summed E-state index contributed by atoms with van der Waals surface area (Å²) < 4.78 is 0.548. The number of carbonyl (C=O) groups is 1. The van der Waals surface area contributed by atoms with E-state index >= 15 is 0 Å². The van der Waals surface area contributed by atoms with Crippen LogP contribution >= 0.6 is 22.6 Å². The molecule has 8 heteroatoms. The number of nitro benzene ring substituents is 1. The third kappa shape index (κ3) is 3.64. The molecule has 1 rings (SSSR count). The van der Waals surface area contributed by atoms with Crippen molar-refractivity contribution < 1.29 is 19.9 Å². The van der Waals surface area contributed by atoms with Crippen LogP contribution in [0.4, 0.5) is 5.69 Å². The van der Waals surface area contributed by atoms with E-state index in [0.717, 1.165) is 0 Å². The molecule has 0 aromatic heterocycles. The molecule has 0 aliphatic carbocycles. The number of aliphatic hydroxyl groups is 2. The number of nitrogens with one attached hydrogen (secondary N) is 1. The van der Waals surface area contributed by atoms with Gasteiger partial charge in [-0.15, -0.1) is 0 Å². The maximum absolute atomic E-state index is 12.2. The number of amides is 1. The summed E-state index contributed by atoms with van der Waals surface area (Å²) in [6.07, 6.45) is 0.331. The van der Waals surface area contributed by atoms with Gasteiger partial charge in [0.2, 0.25) is 0 Å². The molecule has 20 heavy (non-hydrogen) atoms.